The van der Waals surface area contributed by atoms with Crippen LogP contribution in [0.5, 0.6) is 0 Å². The van der Waals surface area contributed by atoms with Gasteiger partial charge in [0.1, 0.15) is 0 Å². The van der Waals surface area contributed by atoms with Crippen molar-refractivity contribution in [2.75, 3.05) is 20.3 Å². The van der Waals surface area contributed by atoms with E-state index in [0.717, 1.165) is 18.6 Å². The summed E-state index contributed by atoms with van der Waals surface area (Å²) < 4.78 is 10.0. The van der Waals surface area contributed by atoms with Gasteiger partial charge in [-0.05, 0) is 24.1 Å². The molecule has 2 rings (SSSR count). The minimum atomic E-state index is -0.332. The molecule has 0 aromatic heterocycles. The Labute approximate surface area is 101 Å². The van der Waals surface area contributed by atoms with E-state index in [4.69, 9.17) is 15.2 Å². The van der Waals surface area contributed by atoms with Gasteiger partial charge in [-0.15, -0.1) is 0 Å². The molecule has 17 heavy (non-hydrogen) atoms. The second-order valence-corrected chi connectivity index (χ2v) is 4.27. The number of benzene rings is 1. The van der Waals surface area contributed by atoms with Crippen LogP contribution in [0.1, 0.15) is 28.4 Å². The van der Waals surface area contributed by atoms with Crippen molar-refractivity contribution in [2.24, 2.45) is 11.7 Å². The van der Waals surface area contributed by atoms with Crippen molar-refractivity contribution in [1.82, 2.24) is 0 Å². The Morgan fingerprint density at radius 1 is 1.59 bits per heavy atom. The summed E-state index contributed by atoms with van der Waals surface area (Å²) in [6.45, 7) is 1.47. The molecule has 0 spiro atoms. The molecule has 0 saturated carbocycles. The van der Waals surface area contributed by atoms with Crippen molar-refractivity contribution < 1.29 is 14.3 Å². The normalized spacial score (nSPS) is 21.2. The number of carbonyl (C=O) groups is 1. The lowest BCUT2D eigenvalue weighted by Gasteiger charge is -2.18. The van der Waals surface area contributed by atoms with Crippen molar-refractivity contribution in [3.8, 4) is 0 Å². The lowest BCUT2D eigenvalue weighted by Crippen LogP contribution is -2.22. The number of hydrogen-bond acceptors (Lipinski definition) is 4. The Hall–Kier alpha value is -1.39. The molecule has 0 bridgehead atoms. The molecule has 4 nitrogen and oxygen atoms in total. The first-order valence-corrected chi connectivity index (χ1v) is 5.74. The second kappa shape index (κ2) is 5.29. The fraction of sp³-hybridized carbons (Fsp3) is 0.462. The number of hydrogen-bond donors (Lipinski definition) is 1. The summed E-state index contributed by atoms with van der Waals surface area (Å²) in [5, 5.41) is 0. The van der Waals surface area contributed by atoms with Crippen LogP contribution in [0.4, 0.5) is 0 Å². The molecule has 1 aliphatic heterocycles. The predicted molar refractivity (Wildman–Crippen MR) is 63.6 cm³/mol. The molecule has 2 N–H and O–H groups in total. The van der Waals surface area contributed by atoms with Gasteiger partial charge in [0.05, 0.1) is 19.3 Å². The number of carbonyl (C=O) groups excluding carboxylic acids is 1. The monoisotopic (exact) mass is 235 g/mol. The van der Waals surface area contributed by atoms with Crippen LogP contribution >= 0.6 is 0 Å². The highest BCUT2D eigenvalue weighted by Gasteiger charge is 2.24. The van der Waals surface area contributed by atoms with E-state index in [0.29, 0.717) is 18.1 Å². The highest BCUT2D eigenvalue weighted by molar-refractivity contribution is 5.89. The van der Waals surface area contributed by atoms with E-state index in [2.05, 4.69) is 0 Å². The Balaban J connectivity index is 2.17. The molecule has 0 aliphatic carbocycles. The van der Waals surface area contributed by atoms with Gasteiger partial charge in [-0.2, -0.15) is 0 Å². The van der Waals surface area contributed by atoms with Crippen molar-refractivity contribution in [3.63, 3.8) is 0 Å². The summed E-state index contributed by atoms with van der Waals surface area (Å²) >= 11 is 0. The van der Waals surface area contributed by atoms with Gasteiger partial charge < -0.3 is 15.2 Å². The van der Waals surface area contributed by atoms with E-state index in [9.17, 15) is 4.79 Å². The third-order valence-electron chi connectivity index (χ3n) is 3.17. The first-order chi connectivity index (χ1) is 8.22. The fourth-order valence-corrected chi connectivity index (χ4v) is 2.10. The number of nitrogens with two attached hydrogens (primary N) is 1. The molecule has 4 heteroatoms. The molecule has 1 aliphatic rings. The molecule has 2 atom stereocenters. The Kier molecular flexibility index (Phi) is 3.76. The second-order valence-electron chi connectivity index (χ2n) is 4.27. The van der Waals surface area contributed by atoms with Gasteiger partial charge >= 0.3 is 5.97 Å². The zero-order valence-electron chi connectivity index (χ0n) is 9.89. The molecule has 1 saturated heterocycles. The molecule has 1 fully saturated rings. The van der Waals surface area contributed by atoms with E-state index in [1.807, 2.05) is 12.1 Å². The van der Waals surface area contributed by atoms with Gasteiger partial charge in [-0.3, -0.25) is 0 Å². The summed E-state index contributed by atoms with van der Waals surface area (Å²) in [4.78, 5) is 11.4. The number of esters is 1. The molecule has 92 valence electrons. The highest BCUT2D eigenvalue weighted by Crippen LogP contribution is 2.27. The molecular formula is C13H17NO3. The van der Waals surface area contributed by atoms with Gasteiger partial charge in [-0.1, -0.05) is 12.1 Å². The van der Waals surface area contributed by atoms with Crippen molar-refractivity contribution >= 4 is 5.97 Å². The lowest BCUT2D eigenvalue weighted by atomic mass is 9.92. The maximum atomic E-state index is 11.4. The number of rotatable bonds is 3. The van der Waals surface area contributed by atoms with Crippen LogP contribution < -0.4 is 5.73 Å². The molecule has 0 radical (unpaired) electrons. The summed E-state index contributed by atoms with van der Waals surface area (Å²) in [7, 11) is 1.37. The van der Waals surface area contributed by atoms with E-state index in [1.165, 1.54) is 7.11 Å². The van der Waals surface area contributed by atoms with Gasteiger partial charge in [0, 0.05) is 18.6 Å². The van der Waals surface area contributed by atoms with Crippen molar-refractivity contribution in [3.05, 3.63) is 35.4 Å². The SMILES string of the molecule is COC(=O)c1cccc(C(N)C2CCOC2)c1. The fourth-order valence-electron chi connectivity index (χ4n) is 2.10. The first-order valence-electron chi connectivity index (χ1n) is 5.74. The summed E-state index contributed by atoms with van der Waals surface area (Å²) in [5.41, 5.74) is 7.68. The Morgan fingerprint density at radius 2 is 2.41 bits per heavy atom. The zero-order valence-corrected chi connectivity index (χ0v) is 9.89. The van der Waals surface area contributed by atoms with Gasteiger partial charge in [-0.25, -0.2) is 4.79 Å². The summed E-state index contributed by atoms with van der Waals surface area (Å²) in [6.07, 6.45) is 0.976. The van der Waals surface area contributed by atoms with Gasteiger partial charge in [0.2, 0.25) is 0 Å². The van der Waals surface area contributed by atoms with Gasteiger partial charge in [0.25, 0.3) is 0 Å². The zero-order chi connectivity index (χ0) is 12.3. The number of methoxy groups -OCH3 is 1. The van der Waals surface area contributed by atoms with Crippen LogP contribution in [0, 0.1) is 5.92 Å². The highest BCUT2D eigenvalue weighted by atomic mass is 16.5. The van der Waals surface area contributed by atoms with Crippen LogP contribution in [-0.4, -0.2) is 26.3 Å². The molecule has 1 aromatic carbocycles. The van der Waals surface area contributed by atoms with Gasteiger partial charge in [0.15, 0.2) is 0 Å². The van der Waals surface area contributed by atoms with Crippen LogP contribution in [-0.2, 0) is 9.47 Å². The largest absolute Gasteiger partial charge is 0.465 e. The van der Waals surface area contributed by atoms with Crippen LogP contribution in [0.2, 0.25) is 0 Å². The summed E-state index contributed by atoms with van der Waals surface area (Å²) in [6, 6.07) is 7.22. The molecule has 1 aromatic rings. The molecule has 2 unspecified atom stereocenters. The average molecular weight is 235 g/mol. The predicted octanol–water partition coefficient (Wildman–Crippen LogP) is 1.51. The molecule has 0 amide bonds. The van der Waals surface area contributed by atoms with E-state index < -0.39 is 0 Å². The van der Waals surface area contributed by atoms with E-state index >= 15 is 0 Å². The smallest absolute Gasteiger partial charge is 0.337 e. The van der Waals surface area contributed by atoms with Crippen LogP contribution in [0.15, 0.2) is 24.3 Å². The van der Waals surface area contributed by atoms with Crippen molar-refractivity contribution in [1.29, 1.82) is 0 Å². The number of ether oxygens (including phenoxy) is 2. The Morgan fingerprint density at radius 3 is 3.06 bits per heavy atom. The molecular weight excluding hydrogens is 218 g/mol. The average Bonchev–Trinajstić information content (AvgIpc) is 2.91. The maximum absolute atomic E-state index is 11.4. The molecule has 1 heterocycles. The topological polar surface area (TPSA) is 61.5 Å². The summed E-state index contributed by atoms with van der Waals surface area (Å²) in [5.74, 6) is 0.00428. The van der Waals surface area contributed by atoms with E-state index in [1.54, 1.807) is 12.1 Å². The minimum Gasteiger partial charge on any atom is -0.465 e. The minimum absolute atomic E-state index is 0.0814. The lowest BCUT2D eigenvalue weighted by molar-refractivity contribution is 0.0600. The Bertz CT molecular complexity index is 399. The van der Waals surface area contributed by atoms with Crippen molar-refractivity contribution in [2.45, 2.75) is 12.5 Å². The van der Waals surface area contributed by atoms with E-state index in [-0.39, 0.29) is 12.0 Å². The maximum Gasteiger partial charge on any atom is 0.337 e. The third-order valence-corrected chi connectivity index (χ3v) is 3.17. The van der Waals surface area contributed by atoms with Crippen LogP contribution in [0.25, 0.3) is 0 Å². The first kappa shape index (κ1) is 12.1. The quantitative estimate of drug-likeness (QED) is 0.807. The standard InChI is InChI=1S/C13H17NO3/c1-16-13(15)10-4-2-3-9(7-10)12(14)11-5-6-17-8-11/h2-4,7,11-12H,5-6,8,14H2,1H3. The third kappa shape index (κ3) is 2.65. The van der Waals surface area contributed by atoms with Crippen LogP contribution in [0.3, 0.4) is 0 Å².